The predicted molar refractivity (Wildman–Crippen MR) is 95.3 cm³/mol. The molecule has 0 spiro atoms. The molecule has 0 aliphatic carbocycles. The maximum atomic E-state index is 12.1. The van der Waals surface area contributed by atoms with Crippen molar-refractivity contribution < 1.29 is 4.79 Å². The van der Waals surface area contributed by atoms with Crippen LogP contribution in [0.1, 0.15) is 21.6 Å². The minimum absolute atomic E-state index is 0.346. The fraction of sp³-hybridized carbons (Fsp3) is 0.0556. The second-order valence-electron chi connectivity index (χ2n) is 5.28. The number of hydrogen-bond acceptors (Lipinski definition) is 3. The Labute approximate surface area is 144 Å². The van der Waals surface area contributed by atoms with Crippen LogP contribution in [0, 0.1) is 6.92 Å². The van der Waals surface area contributed by atoms with Gasteiger partial charge in [0.15, 0.2) is 0 Å². The summed E-state index contributed by atoms with van der Waals surface area (Å²) in [5.41, 5.74) is 6.47. The van der Waals surface area contributed by atoms with E-state index in [4.69, 9.17) is 11.6 Å². The highest BCUT2D eigenvalue weighted by Gasteiger charge is 2.10. The lowest BCUT2D eigenvalue weighted by atomic mass is 10.1. The van der Waals surface area contributed by atoms with Crippen molar-refractivity contribution in [1.29, 1.82) is 0 Å². The number of amides is 1. The molecule has 0 radical (unpaired) electrons. The quantitative estimate of drug-likeness (QED) is 0.561. The molecule has 0 aliphatic heterocycles. The van der Waals surface area contributed by atoms with Gasteiger partial charge in [0, 0.05) is 10.6 Å². The number of benzene rings is 2. The van der Waals surface area contributed by atoms with E-state index < -0.39 is 0 Å². The lowest BCUT2D eigenvalue weighted by Gasteiger charge is -1.97. The lowest BCUT2D eigenvalue weighted by Crippen LogP contribution is -2.17. The predicted octanol–water partition coefficient (Wildman–Crippen LogP) is 3.80. The molecular formula is C18H15ClN4O. The molecule has 120 valence electrons. The molecule has 1 heterocycles. The number of rotatable bonds is 4. The average molecular weight is 339 g/mol. The Balaban J connectivity index is 1.65. The van der Waals surface area contributed by atoms with Crippen molar-refractivity contribution in [3.63, 3.8) is 0 Å². The molecule has 0 unspecified atom stereocenters. The first-order valence-electron chi connectivity index (χ1n) is 7.33. The summed E-state index contributed by atoms with van der Waals surface area (Å²) in [6, 6.07) is 16.8. The van der Waals surface area contributed by atoms with Gasteiger partial charge in [-0.25, -0.2) is 5.43 Å². The third-order valence-corrected chi connectivity index (χ3v) is 3.67. The Bertz CT molecular complexity index is 867. The number of H-pyrrole nitrogens is 1. The summed E-state index contributed by atoms with van der Waals surface area (Å²) in [4.78, 5) is 12.1. The highest BCUT2D eigenvalue weighted by molar-refractivity contribution is 6.30. The van der Waals surface area contributed by atoms with E-state index in [1.807, 2.05) is 43.3 Å². The van der Waals surface area contributed by atoms with E-state index in [9.17, 15) is 4.79 Å². The molecule has 0 aliphatic rings. The molecule has 5 nitrogen and oxygen atoms in total. The van der Waals surface area contributed by atoms with Gasteiger partial charge in [0.25, 0.3) is 5.91 Å². The smallest absolute Gasteiger partial charge is 0.272 e. The third-order valence-electron chi connectivity index (χ3n) is 3.42. The first-order valence-corrected chi connectivity index (χ1v) is 7.71. The van der Waals surface area contributed by atoms with E-state index in [0.717, 1.165) is 11.1 Å². The van der Waals surface area contributed by atoms with Crippen molar-refractivity contribution in [2.75, 3.05) is 0 Å². The van der Waals surface area contributed by atoms with Crippen molar-refractivity contribution in [3.05, 3.63) is 76.4 Å². The Kier molecular flexibility index (Phi) is 4.72. The monoisotopic (exact) mass is 338 g/mol. The van der Waals surface area contributed by atoms with Gasteiger partial charge in [0.05, 0.1) is 11.9 Å². The number of nitrogens with zero attached hydrogens (tertiary/aromatic N) is 2. The second kappa shape index (κ2) is 7.10. The summed E-state index contributed by atoms with van der Waals surface area (Å²) in [5, 5.41) is 11.5. The first kappa shape index (κ1) is 16.0. The van der Waals surface area contributed by atoms with Gasteiger partial charge in [-0.15, -0.1) is 0 Å². The maximum absolute atomic E-state index is 12.1. The summed E-state index contributed by atoms with van der Waals surface area (Å²) in [7, 11) is 0. The van der Waals surface area contributed by atoms with Crippen LogP contribution in [0.5, 0.6) is 0 Å². The molecule has 6 heteroatoms. The van der Waals surface area contributed by atoms with Crippen LogP contribution in [-0.2, 0) is 0 Å². The zero-order chi connectivity index (χ0) is 16.9. The summed E-state index contributed by atoms with van der Waals surface area (Å²) in [6.07, 6.45) is 1.55. The maximum Gasteiger partial charge on any atom is 0.289 e. The number of aromatic amines is 1. The van der Waals surface area contributed by atoms with E-state index >= 15 is 0 Å². The van der Waals surface area contributed by atoms with Gasteiger partial charge in [0.1, 0.15) is 5.69 Å². The molecule has 0 saturated carbocycles. The molecule has 0 fully saturated rings. The lowest BCUT2D eigenvalue weighted by molar-refractivity contribution is 0.0950. The Morgan fingerprint density at radius 3 is 2.58 bits per heavy atom. The molecular weight excluding hydrogens is 324 g/mol. The van der Waals surface area contributed by atoms with Crippen molar-refractivity contribution in [2.45, 2.75) is 6.92 Å². The Hall–Kier alpha value is -2.92. The van der Waals surface area contributed by atoms with E-state index in [0.29, 0.717) is 16.4 Å². The van der Waals surface area contributed by atoms with Crippen LogP contribution in [0.4, 0.5) is 0 Å². The number of aryl methyl sites for hydroxylation is 1. The van der Waals surface area contributed by atoms with Gasteiger partial charge in [0.2, 0.25) is 0 Å². The fourth-order valence-electron chi connectivity index (χ4n) is 2.08. The minimum Gasteiger partial charge on any atom is -0.272 e. The summed E-state index contributed by atoms with van der Waals surface area (Å²) < 4.78 is 0. The number of aromatic nitrogens is 2. The highest BCUT2D eigenvalue weighted by atomic mass is 35.5. The van der Waals surface area contributed by atoms with Crippen LogP contribution >= 0.6 is 11.6 Å². The highest BCUT2D eigenvalue weighted by Crippen LogP contribution is 2.18. The number of carbonyl (C=O) groups is 1. The molecule has 0 bridgehead atoms. The number of hydrogen-bond donors (Lipinski definition) is 2. The second-order valence-corrected chi connectivity index (χ2v) is 5.72. The van der Waals surface area contributed by atoms with Crippen LogP contribution in [0.25, 0.3) is 11.3 Å². The minimum atomic E-state index is -0.355. The van der Waals surface area contributed by atoms with Gasteiger partial charge in [-0.05, 0) is 30.7 Å². The molecule has 0 atom stereocenters. The molecule has 2 aromatic carbocycles. The van der Waals surface area contributed by atoms with E-state index in [1.165, 1.54) is 5.56 Å². The zero-order valence-electron chi connectivity index (χ0n) is 13.0. The average Bonchev–Trinajstić information content (AvgIpc) is 3.07. The van der Waals surface area contributed by atoms with Crippen LogP contribution in [-0.4, -0.2) is 22.3 Å². The van der Waals surface area contributed by atoms with Crippen LogP contribution in [0.2, 0.25) is 5.02 Å². The summed E-state index contributed by atoms with van der Waals surface area (Å²) in [5.74, 6) is -0.355. The molecule has 3 aromatic rings. The van der Waals surface area contributed by atoms with Gasteiger partial charge in [-0.2, -0.15) is 10.2 Å². The molecule has 1 aromatic heterocycles. The van der Waals surface area contributed by atoms with Gasteiger partial charge < -0.3 is 0 Å². The molecule has 0 saturated heterocycles. The number of carbonyl (C=O) groups excluding carboxylic acids is 1. The van der Waals surface area contributed by atoms with Crippen LogP contribution in [0.15, 0.2) is 59.7 Å². The molecule has 2 N–H and O–H groups in total. The van der Waals surface area contributed by atoms with Crippen molar-refractivity contribution in [3.8, 4) is 11.3 Å². The standard InChI is InChI=1S/C18H15ClN4O/c1-12-2-6-14(7-3-12)16-10-17(22-21-16)18(24)23-20-11-13-4-8-15(19)9-5-13/h2-11H,1H3,(H,21,22)(H,23,24)/b20-11+. The molecule has 24 heavy (non-hydrogen) atoms. The SMILES string of the molecule is Cc1ccc(-c2cc(C(=O)N/N=C/c3ccc(Cl)cc3)[nH]n2)cc1. The van der Waals surface area contributed by atoms with Gasteiger partial charge in [-0.3, -0.25) is 9.89 Å². The van der Waals surface area contributed by atoms with Gasteiger partial charge >= 0.3 is 0 Å². The van der Waals surface area contributed by atoms with E-state index in [1.54, 1.807) is 24.4 Å². The summed E-state index contributed by atoms with van der Waals surface area (Å²) in [6.45, 7) is 2.02. The number of hydrazone groups is 1. The Morgan fingerprint density at radius 1 is 1.17 bits per heavy atom. The Morgan fingerprint density at radius 2 is 1.88 bits per heavy atom. The van der Waals surface area contributed by atoms with Crippen LogP contribution in [0.3, 0.4) is 0 Å². The van der Waals surface area contributed by atoms with E-state index in [-0.39, 0.29) is 5.91 Å². The third kappa shape index (κ3) is 3.88. The molecule has 3 rings (SSSR count). The van der Waals surface area contributed by atoms with Crippen molar-refractivity contribution in [2.24, 2.45) is 5.10 Å². The van der Waals surface area contributed by atoms with Crippen molar-refractivity contribution >= 4 is 23.7 Å². The number of halogens is 1. The number of nitrogens with one attached hydrogen (secondary N) is 2. The zero-order valence-corrected chi connectivity index (χ0v) is 13.7. The topological polar surface area (TPSA) is 70.1 Å². The first-order chi connectivity index (χ1) is 11.6. The van der Waals surface area contributed by atoms with E-state index in [2.05, 4.69) is 20.7 Å². The molecule has 1 amide bonds. The normalized spacial score (nSPS) is 10.9. The van der Waals surface area contributed by atoms with Gasteiger partial charge in [-0.1, -0.05) is 53.6 Å². The van der Waals surface area contributed by atoms with Crippen LogP contribution < -0.4 is 5.43 Å². The summed E-state index contributed by atoms with van der Waals surface area (Å²) >= 11 is 5.81. The fourth-order valence-corrected chi connectivity index (χ4v) is 2.21. The van der Waals surface area contributed by atoms with Crippen molar-refractivity contribution in [1.82, 2.24) is 15.6 Å². The largest absolute Gasteiger partial charge is 0.289 e.